The second-order valence-electron chi connectivity index (χ2n) is 5.00. The molecule has 3 heteroatoms. The molecule has 0 aliphatic carbocycles. The summed E-state index contributed by atoms with van der Waals surface area (Å²) >= 11 is 0. The van der Waals surface area contributed by atoms with Crippen LogP contribution < -0.4 is 0 Å². The second-order valence-corrected chi connectivity index (χ2v) is 5.00. The van der Waals surface area contributed by atoms with Crippen molar-refractivity contribution in [2.45, 2.75) is 39.5 Å². The van der Waals surface area contributed by atoms with E-state index in [2.05, 4.69) is 48.7 Å². The van der Waals surface area contributed by atoms with Crippen LogP contribution in [0.25, 0.3) is 11.0 Å². The Morgan fingerprint density at radius 3 is 2.25 bits per heavy atom. The Kier molecular flexibility index (Phi) is 2.70. The summed E-state index contributed by atoms with van der Waals surface area (Å²) < 4.78 is 2.07. The van der Waals surface area contributed by atoms with Gasteiger partial charge in [0, 0.05) is 18.6 Å². The van der Waals surface area contributed by atoms with Crippen LogP contribution in [0, 0.1) is 0 Å². The van der Waals surface area contributed by atoms with Gasteiger partial charge in [-0.3, -0.25) is 0 Å². The van der Waals surface area contributed by atoms with E-state index in [0.717, 1.165) is 5.65 Å². The molecular formula is C13H19N3. The molecule has 0 bridgehead atoms. The number of hydrogen-bond acceptors (Lipinski definition) is 2. The van der Waals surface area contributed by atoms with Gasteiger partial charge in [-0.25, -0.2) is 0 Å². The van der Waals surface area contributed by atoms with Gasteiger partial charge in [0.15, 0.2) is 5.65 Å². The molecule has 0 saturated carbocycles. The third-order valence-corrected chi connectivity index (χ3v) is 3.06. The zero-order valence-electron chi connectivity index (χ0n) is 10.7. The average Bonchev–Trinajstić information content (AvgIpc) is 2.56. The molecule has 3 nitrogen and oxygen atoms in total. The lowest BCUT2D eigenvalue weighted by Gasteiger charge is -2.09. The number of aromatic nitrogens is 3. The topological polar surface area (TPSA) is 30.7 Å². The van der Waals surface area contributed by atoms with Gasteiger partial charge in [-0.05, 0) is 23.0 Å². The minimum absolute atomic E-state index is 0.484. The summed E-state index contributed by atoms with van der Waals surface area (Å²) in [6.07, 6.45) is 4.08. The van der Waals surface area contributed by atoms with E-state index in [1.807, 2.05) is 13.2 Å². The quantitative estimate of drug-likeness (QED) is 0.773. The Labute approximate surface area is 96.5 Å². The number of aryl methyl sites for hydroxylation is 1. The summed E-state index contributed by atoms with van der Waals surface area (Å²) in [5.74, 6) is 1.00. The Hall–Kier alpha value is -1.38. The smallest absolute Gasteiger partial charge is 0.162 e. The maximum absolute atomic E-state index is 4.24. The van der Waals surface area contributed by atoms with Crippen molar-refractivity contribution < 1.29 is 0 Å². The normalized spacial score (nSPS) is 11.9. The van der Waals surface area contributed by atoms with E-state index in [1.165, 1.54) is 16.5 Å². The summed E-state index contributed by atoms with van der Waals surface area (Å²) in [5.41, 5.74) is 3.67. The van der Waals surface area contributed by atoms with Crippen LogP contribution in [-0.4, -0.2) is 14.8 Å². The summed E-state index contributed by atoms with van der Waals surface area (Å²) in [6.45, 7) is 8.85. The van der Waals surface area contributed by atoms with Crippen molar-refractivity contribution >= 4 is 11.0 Å². The number of fused-ring (bicyclic) bond motifs is 1. The second kappa shape index (κ2) is 3.89. The lowest BCUT2D eigenvalue weighted by atomic mass is 9.96. The first kappa shape index (κ1) is 11.1. The largest absolute Gasteiger partial charge is 0.334 e. The van der Waals surface area contributed by atoms with Gasteiger partial charge in [0.1, 0.15) is 0 Å². The predicted octanol–water partition coefficient (Wildman–Crippen LogP) is 3.22. The van der Waals surface area contributed by atoms with Crippen LogP contribution in [0.15, 0.2) is 12.4 Å². The third kappa shape index (κ3) is 1.60. The first-order valence-corrected chi connectivity index (χ1v) is 5.82. The van der Waals surface area contributed by atoms with Gasteiger partial charge in [0.25, 0.3) is 0 Å². The van der Waals surface area contributed by atoms with Crippen LogP contribution in [-0.2, 0) is 7.05 Å². The molecule has 0 amide bonds. The molecule has 2 rings (SSSR count). The molecule has 0 saturated heterocycles. The molecule has 0 radical (unpaired) electrons. The van der Waals surface area contributed by atoms with Crippen molar-refractivity contribution in [3.05, 3.63) is 23.5 Å². The van der Waals surface area contributed by atoms with Gasteiger partial charge in [-0.15, -0.1) is 5.10 Å². The molecule has 16 heavy (non-hydrogen) atoms. The Morgan fingerprint density at radius 2 is 1.69 bits per heavy atom. The van der Waals surface area contributed by atoms with Crippen molar-refractivity contribution in [1.82, 2.24) is 14.8 Å². The average molecular weight is 217 g/mol. The fraction of sp³-hybridized carbons (Fsp3) is 0.538. The Balaban J connectivity index is 2.83. The van der Waals surface area contributed by atoms with Crippen molar-refractivity contribution in [2.75, 3.05) is 0 Å². The lowest BCUT2D eigenvalue weighted by Crippen LogP contribution is -1.96. The molecule has 86 valence electrons. The number of nitrogens with zero attached hydrogens (tertiary/aromatic N) is 3. The van der Waals surface area contributed by atoms with Gasteiger partial charge < -0.3 is 4.57 Å². The molecule has 0 atom stereocenters. The predicted molar refractivity (Wildman–Crippen MR) is 66.7 cm³/mol. The molecule has 2 aromatic rings. The molecular weight excluding hydrogens is 198 g/mol. The minimum atomic E-state index is 0.484. The molecule has 2 aromatic heterocycles. The van der Waals surface area contributed by atoms with Crippen LogP contribution in [0.5, 0.6) is 0 Å². The van der Waals surface area contributed by atoms with Gasteiger partial charge in [0.05, 0.1) is 6.20 Å². The van der Waals surface area contributed by atoms with Gasteiger partial charge in [-0.1, -0.05) is 27.7 Å². The van der Waals surface area contributed by atoms with Crippen LogP contribution in [0.3, 0.4) is 0 Å². The first-order valence-electron chi connectivity index (χ1n) is 5.82. The molecule has 0 N–H and O–H groups in total. The summed E-state index contributed by atoms with van der Waals surface area (Å²) in [6, 6.07) is 0. The zero-order valence-corrected chi connectivity index (χ0v) is 10.7. The highest BCUT2D eigenvalue weighted by molar-refractivity contribution is 5.84. The molecule has 0 aromatic carbocycles. The minimum Gasteiger partial charge on any atom is -0.334 e. The highest BCUT2D eigenvalue weighted by Crippen LogP contribution is 2.31. The fourth-order valence-electron chi connectivity index (χ4n) is 2.14. The van der Waals surface area contributed by atoms with E-state index in [4.69, 9.17) is 0 Å². The first-order chi connectivity index (χ1) is 7.52. The van der Waals surface area contributed by atoms with E-state index in [0.29, 0.717) is 11.8 Å². The summed E-state index contributed by atoms with van der Waals surface area (Å²) in [5, 5.41) is 9.63. The summed E-state index contributed by atoms with van der Waals surface area (Å²) in [7, 11) is 2.03. The van der Waals surface area contributed by atoms with Crippen molar-refractivity contribution in [1.29, 1.82) is 0 Å². The van der Waals surface area contributed by atoms with E-state index in [-0.39, 0.29) is 0 Å². The lowest BCUT2D eigenvalue weighted by molar-refractivity contribution is 0.844. The Bertz CT molecular complexity index is 509. The van der Waals surface area contributed by atoms with Crippen molar-refractivity contribution in [3.63, 3.8) is 0 Å². The third-order valence-electron chi connectivity index (χ3n) is 3.06. The highest BCUT2D eigenvalue weighted by Gasteiger charge is 2.16. The Morgan fingerprint density at radius 1 is 1.06 bits per heavy atom. The van der Waals surface area contributed by atoms with E-state index in [1.54, 1.807) is 0 Å². The van der Waals surface area contributed by atoms with E-state index >= 15 is 0 Å². The fourth-order valence-corrected chi connectivity index (χ4v) is 2.14. The van der Waals surface area contributed by atoms with Crippen molar-refractivity contribution in [3.8, 4) is 0 Å². The standard InChI is InChI=1S/C13H19N3/c1-8(2)10-6-14-15-13-12(10)11(9(3)4)7-16(13)5/h6-9H,1-5H3. The van der Waals surface area contributed by atoms with Gasteiger partial charge in [-0.2, -0.15) is 5.10 Å². The molecule has 0 aliphatic rings. The SMILES string of the molecule is CC(C)c1cnnc2c1c(C(C)C)cn2C. The van der Waals surface area contributed by atoms with Crippen LogP contribution in [0.4, 0.5) is 0 Å². The molecule has 0 unspecified atom stereocenters. The van der Waals surface area contributed by atoms with Crippen LogP contribution in [0.2, 0.25) is 0 Å². The molecule has 0 aliphatic heterocycles. The monoisotopic (exact) mass is 217 g/mol. The highest BCUT2D eigenvalue weighted by atomic mass is 15.2. The molecule has 0 spiro atoms. The van der Waals surface area contributed by atoms with Gasteiger partial charge >= 0.3 is 0 Å². The number of hydrogen-bond donors (Lipinski definition) is 0. The molecule has 2 heterocycles. The maximum atomic E-state index is 4.24. The van der Waals surface area contributed by atoms with E-state index < -0.39 is 0 Å². The van der Waals surface area contributed by atoms with Crippen molar-refractivity contribution in [2.24, 2.45) is 7.05 Å². The molecule has 0 fully saturated rings. The maximum Gasteiger partial charge on any atom is 0.162 e. The summed E-state index contributed by atoms with van der Waals surface area (Å²) in [4.78, 5) is 0. The van der Waals surface area contributed by atoms with E-state index in [9.17, 15) is 0 Å². The zero-order chi connectivity index (χ0) is 11.9. The number of rotatable bonds is 2. The van der Waals surface area contributed by atoms with Gasteiger partial charge in [0.2, 0.25) is 0 Å². The van der Waals surface area contributed by atoms with Crippen LogP contribution >= 0.6 is 0 Å². The van der Waals surface area contributed by atoms with Crippen LogP contribution in [0.1, 0.15) is 50.7 Å².